The number of ether oxygens (including phenoxy) is 2. The number of likely N-dealkylation sites (tertiary alicyclic amines) is 1. The topological polar surface area (TPSA) is 37.8 Å². The Morgan fingerprint density at radius 3 is 2.59 bits per heavy atom. The maximum atomic E-state index is 5.99. The fourth-order valence-corrected chi connectivity index (χ4v) is 4.13. The number of hydrogen-bond donors (Lipinski definition) is 0. The number of benzene rings is 1. The first-order chi connectivity index (χ1) is 14.3. The molecule has 156 valence electrons. The van der Waals surface area contributed by atoms with Crippen LogP contribution in [-0.4, -0.2) is 55.8 Å². The van der Waals surface area contributed by atoms with Gasteiger partial charge in [-0.3, -0.25) is 9.88 Å². The van der Waals surface area contributed by atoms with Crippen LogP contribution >= 0.6 is 0 Å². The lowest BCUT2D eigenvalue weighted by Crippen LogP contribution is -2.48. The third-order valence-corrected chi connectivity index (χ3v) is 6.34. The summed E-state index contributed by atoms with van der Waals surface area (Å²) in [5, 5.41) is 0. The Morgan fingerprint density at radius 2 is 1.86 bits per heavy atom. The fourth-order valence-electron chi connectivity index (χ4n) is 4.13. The highest BCUT2D eigenvalue weighted by Gasteiger charge is 2.25. The highest BCUT2D eigenvalue weighted by atomic mass is 16.5. The smallest absolute Gasteiger partial charge is 0.139 e. The maximum absolute atomic E-state index is 5.99. The van der Waals surface area contributed by atoms with Crippen LogP contribution in [0.2, 0.25) is 0 Å². The van der Waals surface area contributed by atoms with E-state index >= 15 is 0 Å². The zero-order valence-corrected chi connectivity index (χ0v) is 17.5. The molecule has 2 aliphatic heterocycles. The molecule has 1 aromatic heterocycles. The Labute approximate surface area is 174 Å². The second kappa shape index (κ2) is 10.1. The summed E-state index contributed by atoms with van der Waals surface area (Å²) in [4.78, 5) is 9.19. The van der Waals surface area contributed by atoms with Crippen LogP contribution in [0.3, 0.4) is 0 Å². The van der Waals surface area contributed by atoms with E-state index in [2.05, 4.69) is 52.2 Å². The van der Waals surface area contributed by atoms with E-state index in [1.165, 1.54) is 37.1 Å². The van der Waals surface area contributed by atoms with E-state index in [1.807, 2.05) is 18.5 Å². The highest BCUT2D eigenvalue weighted by Crippen LogP contribution is 2.27. The van der Waals surface area contributed by atoms with Crippen molar-refractivity contribution in [2.24, 2.45) is 5.92 Å². The fraction of sp³-hybridized carbons (Fsp3) is 0.542. The molecule has 0 radical (unpaired) electrons. The first kappa shape index (κ1) is 20.2. The van der Waals surface area contributed by atoms with Gasteiger partial charge in [0.25, 0.3) is 0 Å². The van der Waals surface area contributed by atoms with Crippen molar-refractivity contribution in [3.8, 4) is 5.75 Å². The van der Waals surface area contributed by atoms with Gasteiger partial charge >= 0.3 is 0 Å². The number of aromatic nitrogens is 1. The predicted molar refractivity (Wildman–Crippen MR) is 116 cm³/mol. The average molecular weight is 396 g/mol. The molecule has 0 amide bonds. The summed E-state index contributed by atoms with van der Waals surface area (Å²) in [5.74, 6) is 1.64. The van der Waals surface area contributed by atoms with Gasteiger partial charge in [-0.1, -0.05) is 30.3 Å². The molecule has 29 heavy (non-hydrogen) atoms. The van der Waals surface area contributed by atoms with Gasteiger partial charge < -0.3 is 14.4 Å². The largest absolute Gasteiger partial charge is 0.490 e. The molecule has 0 N–H and O–H groups in total. The standard InChI is InChI=1S/C24H33N3O2/c1-26-11-9-22(26)19-29-24-15-23(16-25-17-24)27-12-7-20(8-13-27)10-14-28-18-21-5-3-2-4-6-21/h2-6,15-17,20,22H,7-14,18-19H2,1H3. The SMILES string of the molecule is CN1CCC1COc1cncc(N2CCC(CCOCc3ccccc3)CC2)c1. The molecule has 2 fully saturated rings. The van der Waals surface area contributed by atoms with Gasteiger partial charge in [-0.25, -0.2) is 0 Å². The van der Waals surface area contributed by atoms with E-state index in [-0.39, 0.29) is 0 Å². The minimum Gasteiger partial charge on any atom is -0.490 e. The summed E-state index contributed by atoms with van der Waals surface area (Å²) in [7, 11) is 2.16. The molecule has 4 rings (SSSR count). The van der Waals surface area contributed by atoms with E-state index < -0.39 is 0 Å². The zero-order valence-electron chi connectivity index (χ0n) is 17.5. The molecule has 2 saturated heterocycles. The van der Waals surface area contributed by atoms with Crippen molar-refractivity contribution in [3.05, 3.63) is 54.4 Å². The van der Waals surface area contributed by atoms with Gasteiger partial charge in [0, 0.05) is 31.8 Å². The predicted octanol–water partition coefficient (Wildman–Crippen LogP) is 3.99. The van der Waals surface area contributed by atoms with Gasteiger partial charge in [-0.2, -0.15) is 0 Å². The Morgan fingerprint density at radius 1 is 1.03 bits per heavy atom. The summed E-state index contributed by atoms with van der Waals surface area (Å²) >= 11 is 0. The van der Waals surface area contributed by atoms with Crippen molar-refractivity contribution in [3.63, 3.8) is 0 Å². The van der Waals surface area contributed by atoms with Crippen LogP contribution < -0.4 is 9.64 Å². The number of hydrogen-bond acceptors (Lipinski definition) is 5. The normalized spacial score (nSPS) is 20.4. The van der Waals surface area contributed by atoms with Gasteiger partial charge in [0.05, 0.1) is 24.7 Å². The first-order valence-corrected chi connectivity index (χ1v) is 10.9. The molecule has 0 spiro atoms. The molecule has 1 atom stereocenters. The molecular formula is C24H33N3O2. The minimum absolute atomic E-state index is 0.554. The van der Waals surface area contributed by atoms with Crippen molar-refractivity contribution in [2.75, 3.05) is 44.8 Å². The van der Waals surface area contributed by atoms with Crippen LogP contribution in [0.25, 0.3) is 0 Å². The van der Waals surface area contributed by atoms with Gasteiger partial charge in [0.1, 0.15) is 12.4 Å². The zero-order chi connectivity index (χ0) is 19.9. The summed E-state index contributed by atoms with van der Waals surface area (Å²) in [6, 6.07) is 13.1. The number of likely N-dealkylation sites (N-methyl/N-ethyl adjacent to an activating group) is 1. The lowest BCUT2D eigenvalue weighted by Gasteiger charge is -2.37. The Kier molecular flexibility index (Phi) is 7.01. The van der Waals surface area contributed by atoms with E-state index in [1.54, 1.807) is 0 Å². The molecule has 5 nitrogen and oxygen atoms in total. The molecule has 0 bridgehead atoms. The van der Waals surface area contributed by atoms with Crippen LogP contribution in [0.4, 0.5) is 5.69 Å². The number of anilines is 1. The van der Waals surface area contributed by atoms with E-state index in [4.69, 9.17) is 9.47 Å². The Balaban J connectivity index is 1.17. The molecule has 2 aliphatic rings. The number of piperidine rings is 1. The van der Waals surface area contributed by atoms with Crippen LogP contribution in [0, 0.1) is 5.92 Å². The summed E-state index contributed by atoms with van der Waals surface area (Å²) in [6.07, 6.45) is 8.60. The third-order valence-electron chi connectivity index (χ3n) is 6.34. The monoisotopic (exact) mass is 395 g/mol. The number of rotatable bonds is 9. The third kappa shape index (κ3) is 5.71. The van der Waals surface area contributed by atoms with Crippen molar-refractivity contribution < 1.29 is 9.47 Å². The van der Waals surface area contributed by atoms with Gasteiger partial charge in [-0.05, 0) is 50.8 Å². The number of nitrogens with zero attached hydrogens (tertiary/aromatic N) is 3. The van der Waals surface area contributed by atoms with Gasteiger partial charge in [-0.15, -0.1) is 0 Å². The molecule has 2 aromatic rings. The molecule has 0 saturated carbocycles. The minimum atomic E-state index is 0.554. The molecule has 3 heterocycles. The lowest BCUT2D eigenvalue weighted by molar-refractivity contribution is 0.0767. The second-order valence-electron chi connectivity index (χ2n) is 8.37. The van der Waals surface area contributed by atoms with Gasteiger partial charge in [0.2, 0.25) is 0 Å². The molecule has 5 heteroatoms. The van der Waals surface area contributed by atoms with E-state index in [0.29, 0.717) is 6.04 Å². The molecule has 1 unspecified atom stereocenters. The Bertz CT molecular complexity index is 747. The summed E-state index contributed by atoms with van der Waals surface area (Å²) in [6.45, 7) is 5.67. The average Bonchev–Trinajstić information content (AvgIpc) is 2.77. The van der Waals surface area contributed by atoms with Gasteiger partial charge in [0.15, 0.2) is 0 Å². The van der Waals surface area contributed by atoms with Crippen molar-refractivity contribution in [1.82, 2.24) is 9.88 Å². The lowest BCUT2D eigenvalue weighted by atomic mass is 9.94. The van der Waals surface area contributed by atoms with E-state index in [9.17, 15) is 0 Å². The van der Waals surface area contributed by atoms with E-state index in [0.717, 1.165) is 51.0 Å². The van der Waals surface area contributed by atoms with Crippen LogP contribution in [-0.2, 0) is 11.3 Å². The summed E-state index contributed by atoms with van der Waals surface area (Å²) < 4.78 is 11.9. The van der Waals surface area contributed by atoms with Crippen molar-refractivity contribution in [1.29, 1.82) is 0 Å². The molecule has 0 aliphatic carbocycles. The molecular weight excluding hydrogens is 362 g/mol. The van der Waals surface area contributed by atoms with Crippen molar-refractivity contribution in [2.45, 2.75) is 38.3 Å². The van der Waals surface area contributed by atoms with Crippen molar-refractivity contribution >= 4 is 5.69 Å². The first-order valence-electron chi connectivity index (χ1n) is 10.9. The number of pyridine rings is 1. The highest BCUT2D eigenvalue weighted by molar-refractivity contribution is 5.48. The Hall–Kier alpha value is -2.11. The second-order valence-corrected chi connectivity index (χ2v) is 8.37. The van der Waals surface area contributed by atoms with Crippen LogP contribution in [0.1, 0.15) is 31.2 Å². The maximum Gasteiger partial charge on any atom is 0.139 e. The molecule has 1 aromatic carbocycles. The van der Waals surface area contributed by atoms with Crippen LogP contribution in [0.5, 0.6) is 5.75 Å². The quantitative estimate of drug-likeness (QED) is 0.600. The van der Waals surface area contributed by atoms with Crippen LogP contribution in [0.15, 0.2) is 48.8 Å². The summed E-state index contributed by atoms with van der Waals surface area (Å²) in [5.41, 5.74) is 2.43.